The summed E-state index contributed by atoms with van der Waals surface area (Å²) in [6.07, 6.45) is 4.79. The molecule has 0 saturated carbocycles. The van der Waals surface area contributed by atoms with Crippen molar-refractivity contribution in [2.75, 3.05) is 0 Å². The van der Waals surface area contributed by atoms with Gasteiger partial charge in [0, 0.05) is 17.0 Å². The Balaban J connectivity index is 1.97. The molecular weight excluding hydrogens is 292 g/mol. The number of hydrogen-bond acceptors (Lipinski definition) is 6. The van der Waals surface area contributed by atoms with Crippen LogP contribution in [0.1, 0.15) is 16.2 Å². The van der Waals surface area contributed by atoms with Crippen molar-refractivity contribution in [2.24, 2.45) is 0 Å². The molecule has 90 valence electrons. The molecule has 0 N–H and O–H groups in total. The zero-order valence-electron chi connectivity index (χ0n) is 8.78. The quantitative estimate of drug-likeness (QED) is 0.551. The smallest absolute Gasteiger partial charge is 0.205 e. The van der Waals surface area contributed by atoms with E-state index in [1.807, 2.05) is 5.38 Å². The zero-order valence-corrected chi connectivity index (χ0v) is 11.2. The number of hydrogen-bond donors (Lipinski definition) is 0. The van der Waals surface area contributed by atoms with Crippen molar-refractivity contribution in [1.29, 1.82) is 0 Å². The van der Waals surface area contributed by atoms with E-state index in [2.05, 4.69) is 14.6 Å². The number of halogens is 1. The van der Waals surface area contributed by atoms with Crippen LogP contribution in [0.25, 0.3) is 11.0 Å². The van der Waals surface area contributed by atoms with Crippen LogP contribution in [0.4, 0.5) is 0 Å². The summed E-state index contributed by atoms with van der Waals surface area (Å²) in [6, 6.07) is 0. The van der Waals surface area contributed by atoms with Gasteiger partial charge in [0.1, 0.15) is 5.69 Å². The summed E-state index contributed by atoms with van der Waals surface area (Å²) in [5, 5.41) is 7.64. The van der Waals surface area contributed by atoms with Crippen molar-refractivity contribution in [3.8, 4) is 0 Å². The van der Waals surface area contributed by atoms with Gasteiger partial charge in [-0.05, 0) is 23.7 Å². The Morgan fingerprint density at radius 1 is 1.50 bits per heavy atom. The molecule has 0 saturated heterocycles. The molecule has 0 atom stereocenters. The second kappa shape index (κ2) is 4.60. The van der Waals surface area contributed by atoms with Gasteiger partial charge in [0.25, 0.3) is 0 Å². The minimum Gasteiger partial charge on any atom is -0.287 e. The van der Waals surface area contributed by atoms with Gasteiger partial charge in [-0.2, -0.15) is 0 Å². The highest BCUT2D eigenvalue weighted by Gasteiger charge is 2.16. The van der Waals surface area contributed by atoms with Crippen molar-refractivity contribution < 1.29 is 4.79 Å². The van der Waals surface area contributed by atoms with E-state index < -0.39 is 0 Å². The molecule has 3 rings (SSSR count). The number of ketones is 1. The third kappa shape index (κ3) is 1.96. The Morgan fingerprint density at radius 3 is 3.17 bits per heavy atom. The van der Waals surface area contributed by atoms with Crippen LogP contribution in [-0.2, 0) is 0 Å². The lowest BCUT2D eigenvalue weighted by molar-refractivity contribution is 0.104. The fourth-order valence-corrected chi connectivity index (χ4v) is 2.91. The van der Waals surface area contributed by atoms with Gasteiger partial charge in [-0.25, -0.2) is 4.98 Å². The average Bonchev–Trinajstić information content (AvgIpc) is 3.01. The predicted octanol–water partition coefficient (Wildman–Crippen LogP) is 2.80. The van der Waals surface area contributed by atoms with Crippen molar-refractivity contribution in [3.05, 3.63) is 39.6 Å². The van der Waals surface area contributed by atoms with E-state index in [1.165, 1.54) is 28.9 Å². The van der Waals surface area contributed by atoms with Gasteiger partial charge in [0.2, 0.25) is 5.78 Å². The fourth-order valence-electron chi connectivity index (χ4n) is 1.46. The van der Waals surface area contributed by atoms with Crippen LogP contribution in [-0.4, -0.2) is 24.8 Å². The van der Waals surface area contributed by atoms with Gasteiger partial charge in [0.05, 0.1) is 5.69 Å². The average molecular weight is 297 g/mol. The molecule has 0 bridgehead atoms. The molecule has 8 heteroatoms. The van der Waals surface area contributed by atoms with E-state index in [9.17, 15) is 4.79 Å². The summed E-state index contributed by atoms with van der Waals surface area (Å²) < 4.78 is 5.39. The highest BCUT2D eigenvalue weighted by molar-refractivity contribution is 7.15. The Kier molecular flexibility index (Phi) is 2.94. The second-order valence-corrected chi connectivity index (χ2v) is 5.18. The maximum absolute atomic E-state index is 12.1. The summed E-state index contributed by atoms with van der Waals surface area (Å²) in [5.41, 5.74) is 1.02. The van der Waals surface area contributed by atoms with Crippen molar-refractivity contribution in [3.63, 3.8) is 0 Å². The number of allylic oxidation sites excluding steroid dienone is 1. The molecule has 0 unspecified atom stereocenters. The molecule has 0 amide bonds. The third-order valence-electron chi connectivity index (χ3n) is 2.24. The first kappa shape index (κ1) is 11.5. The minimum atomic E-state index is -0.209. The van der Waals surface area contributed by atoms with Gasteiger partial charge >= 0.3 is 0 Å². The summed E-state index contributed by atoms with van der Waals surface area (Å²) >= 11 is 8.61. The number of carbonyl (C=O) groups excluding carboxylic acids is 1. The van der Waals surface area contributed by atoms with Crippen LogP contribution in [0.2, 0.25) is 5.15 Å². The molecule has 0 spiro atoms. The highest BCUT2D eigenvalue weighted by Crippen LogP contribution is 2.22. The SMILES string of the molecule is O=C(/C=C/c1csnn1)c1c(Cl)nc2sccn12. The number of rotatable bonds is 3. The summed E-state index contributed by atoms with van der Waals surface area (Å²) in [7, 11) is 0. The molecule has 0 aliphatic rings. The first-order valence-electron chi connectivity index (χ1n) is 4.86. The first-order chi connectivity index (χ1) is 8.75. The minimum absolute atomic E-state index is 0.209. The van der Waals surface area contributed by atoms with Crippen LogP contribution in [0, 0.1) is 0 Å². The van der Waals surface area contributed by atoms with E-state index in [1.54, 1.807) is 22.1 Å². The van der Waals surface area contributed by atoms with Crippen LogP contribution in [0.5, 0.6) is 0 Å². The molecule has 0 aliphatic carbocycles. The standard InChI is InChI=1S/C10H5ClN4OS2/c11-9-8(15-3-4-17-10(15)12-9)7(16)2-1-6-5-18-14-13-6/h1-5H/b2-1+. The first-order valence-corrected chi connectivity index (χ1v) is 6.95. The molecule has 18 heavy (non-hydrogen) atoms. The highest BCUT2D eigenvalue weighted by atomic mass is 35.5. The van der Waals surface area contributed by atoms with Crippen molar-refractivity contribution in [1.82, 2.24) is 19.0 Å². The number of carbonyl (C=O) groups is 1. The second-order valence-electron chi connectivity index (χ2n) is 3.33. The lowest BCUT2D eigenvalue weighted by Gasteiger charge is -1.93. The van der Waals surface area contributed by atoms with Gasteiger partial charge < -0.3 is 0 Å². The third-order valence-corrected chi connectivity index (χ3v) is 3.78. The molecule has 0 aliphatic heterocycles. The Hall–Kier alpha value is -1.57. The van der Waals surface area contributed by atoms with Crippen molar-refractivity contribution >= 4 is 51.3 Å². The monoisotopic (exact) mass is 296 g/mol. The summed E-state index contributed by atoms with van der Waals surface area (Å²) in [6.45, 7) is 0. The lowest BCUT2D eigenvalue weighted by atomic mass is 10.2. The number of imidazole rings is 1. The normalized spacial score (nSPS) is 11.6. The molecule has 5 nitrogen and oxygen atoms in total. The number of fused-ring (bicyclic) bond motifs is 1. The molecular formula is C10H5ClN4OS2. The fraction of sp³-hybridized carbons (Fsp3) is 0. The number of aromatic nitrogens is 4. The van der Waals surface area contributed by atoms with Gasteiger partial charge in [-0.15, -0.1) is 16.4 Å². The van der Waals surface area contributed by atoms with Crippen LogP contribution >= 0.6 is 34.5 Å². The van der Waals surface area contributed by atoms with E-state index in [0.717, 1.165) is 0 Å². The summed E-state index contributed by atoms with van der Waals surface area (Å²) in [4.78, 5) is 16.9. The maximum Gasteiger partial charge on any atom is 0.205 e. The van der Waals surface area contributed by atoms with Crippen LogP contribution in [0.15, 0.2) is 23.0 Å². The van der Waals surface area contributed by atoms with E-state index in [0.29, 0.717) is 16.3 Å². The Bertz CT molecular complexity index is 728. The largest absolute Gasteiger partial charge is 0.287 e. The molecule has 3 aromatic heterocycles. The van der Waals surface area contributed by atoms with Crippen LogP contribution < -0.4 is 0 Å². The maximum atomic E-state index is 12.1. The molecule has 3 heterocycles. The predicted molar refractivity (Wildman–Crippen MR) is 71.4 cm³/mol. The van der Waals surface area contributed by atoms with Gasteiger partial charge in [-0.3, -0.25) is 9.20 Å². The lowest BCUT2D eigenvalue weighted by Crippen LogP contribution is -1.99. The van der Waals surface area contributed by atoms with E-state index in [-0.39, 0.29) is 10.9 Å². The summed E-state index contributed by atoms with van der Waals surface area (Å²) in [5.74, 6) is -0.209. The van der Waals surface area contributed by atoms with E-state index in [4.69, 9.17) is 11.6 Å². The van der Waals surface area contributed by atoms with Gasteiger partial charge in [0.15, 0.2) is 10.1 Å². The Morgan fingerprint density at radius 2 is 2.39 bits per heavy atom. The number of nitrogens with zero attached hydrogens (tertiary/aromatic N) is 4. The molecule has 0 radical (unpaired) electrons. The van der Waals surface area contributed by atoms with Crippen LogP contribution in [0.3, 0.4) is 0 Å². The van der Waals surface area contributed by atoms with Gasteiger partial charge in [-0.1, -0.05) is 16.1 Å². The zero-order chi connectivity index (χ0) is 12.5. The Labute approximate surface area is 115 Å². The topological polar surface area (TPSA) is 60.2 Å². The molecule has 0 fully saturated rings. The molecule has 3 aromatic rings. The number of thiazole rings is 1. The van der Waals surface area contributed by atoms with E-state index >= 15 is 0 Å². The van der Waals surface area contributed by atoms with Crippen molar-refractivity contribution in [2.45, 2.75) is 0 Å². The molecule has 0 aromatic carbocycles.